The number of nitrogens with one attached hydrogen (secondary N) is 1. The molecule has 100 valence electrons. The Morgan fingerprint density at radius 3 is 2.56 bits per heavy atom. The number of hydrogen-bond donors (Lipinski definition) is 2. The van der Waals surface area contributed by atoms with Crippen molar-refractivity contribution >= 4 is 11.6 Å². The lowest BCUT2D eigenvalue weighted by Crippen LogP contribution is -2.35. The van der Waals surface area contributed by atoms with Crippen LogP contribution in [0.3, 0.4) is 0 Å². The molecule has 2 rings (SSSR count). The van der Waals surface area contributed by atoms with Crippen molar-refractivity contribution in [2.75, 3.05) is 6.54 Å². The fourth-order valence-corrected chi connectivity index (χ4v) is 2.54. The van der Waals surface area contributed by atoms with E-state index in [2.05, 4.69) is 5.32 Å². The third-order valence-corrected chi connectivity index (χ3v) is 3.66. The van der Waals surface area contributed by atoms with Crippen molar-refractivity contribution in [2.45, 2.75) is 31.5 Å². The topological polar surface area (TPSA) is 32.3 Å². The van der Waals surface area contributed by atoms with E-state index in [1.807, 2.05) is 0 Å². The van der Waals surface area contributed by atoms with Crippen molar-refractivity contribution in [3.63, 3.8) is 0 Å². The fraction of sp³-hybridized carbons (Fsp3) is 0.500. The van der Waals surface area contributed by atoms with Gasteiger partial charge in [-0.05, 0) is 44.0 Å². The summed E-state index contributed by atoms with van der Waals surface area (Å²) in [5.74, 6) is -0.547. The molecule has 1 atom stereocenters. The molecule has 1 aromatic carbocycles. The zero-order valence-corrected chi connectivity index (χ0v) is 10.5. The summed E-state index contributed by atoms with van der Waals surface area (Å²) in [6.07, 6.45) is -3.09. The van der Waals surface area contributed by atoms with E-state index in [1.54, 1.807) is 6.92 Å². The smallest absolute Gasteiger partial charge is 0.416 e. The van der Waals surface area contributed by atoms with Crippen LogP contribution < -0.4 is 5.32 Å². The molecule has 0 saturated carbocycles. The van der Waals surface area contributed by atoms with Crippen LogP contribution in [0.5, 0.6) is 5.75 Å². The van der Waals surface area contributed by atoms with Crippen molar-refractivity contribution in [3.8, 4) is 5.75 Å². The van der Waals surface area contributed by atoms with Gasteiger partial charge in [-0.15, -0.1) is 0 Å². The Morgan fingerprint density at radius 2 is 2.06 bits per heavy atom. The van der Waals surface area contributed by atoms with Gasteiger partial charge in [0.2, 0.25) is 0 Å². The molecule has 0 spiro atoms. The monoisotopic (exact) mass is 279 g/mol. The van der Waals surface area contributed by atoms with E-state index in [0.29, 0.717) is 19.0 Å². The Labute approximate surface area is 108 Å². The van der Waals surface area contributed by atoms with Crippen LogP contribution in [0.15, 0.2) is 12.1 Å². The Morgan fingerprint density at radius 1 is 1.39 bits per heavy atom. The van der Waals surface area contributed by atoms with Gasteiger partial charge in [-0.1, -0.05) is 11.6 Å². The number of alkyl halides is 3. The highest BCUT2D eigenvalue weighted by molar-refractivity contribution is 6.32. The van der Waals surface area contributed by atoms with Gasteiger partial charge in [0, 0.05) is 5.54 Å². The van der Waals surface area contributed by atoms with E-state index in [-0.39, 0.29) is 10.6 Å². The second-order valence-electron chi connectivity index (χ2n) is 4.71. The number of phenols is 1. The molecule has 1 aliphatic heterocycles. The van der Waals surface area contributed by atoms with Crippen LogP contribution in [0.1, 0.15) is 30.9 Å². The highest BCUT2D eigenvalue weighted by Crippen LogP contribution is 2.43. The molecule has 1 heterocycles. The minimum atomic E-state index is -4.51. The second-order valence-corrected chi connectivity index (χ2v) is 5.12. The Kier molecular flexibility index (Phi) is 3.23. The molecule has 6 heteroatoms. The summed E-state index contributed by atoms with van der Waals surface area (Å²) < 4.78 is 39.0. The maximum atomic E-state index is 13.0. The predicted octanol–water partition coefficient (Wildman–Crippen LogP) is 3.66. The van der Waals surface area contributed by atoms with Gasteiger partial charge in [0.25, 0.3) is 0 Å². The maximum absolute atomic E-state index is 13.0. The lowest BCUT2D eigenvalue weighted by molar-refractivity contribution is -0.139. The average Bonchev–Trinajstić information content (AvgIpc) is 2.68. The van der Waals surface area contributed by atoms with Crippen LogP contribution in [-0.4, -0.2) is 11.7 Å². The van der Waals surface area contributed by atoms with Gasteiger partial charge in [-0.25, -0.2) is 0 Å². The molecule has 18 heavy (non-hydrogen) atoms. The SMILES string of the molecule is CC1(c2cc(Cl)c(O)cc2C(F)(F)F)CCCN1. The summed E-state index contributed by atoms with van der Waals surface area (Å²) in [7, 11) is 0. The van der Waals surface area contributed by atoms with Gasteiger partial charge < -0.3 is 10.4 Å². The third-order valence-electron chi connectivity index (χ3n) is 3.36. The molecule has 1 aromatic rings. The largest absolute Gasteiger partial charge is 0.506 e. The minimum Gasteiger partial charge on any atom is -0.506 e. The lowest BCUT2D eigenvalue weighted by atomic mass is 9.86. The van der Waals surface area contributed by atoms with E-state index >= 15 is 0 Å². The number of hydrogen-bond acceptors (Lipinski definition) is 2. The zero-order valence-electron chi connectivity index (χ0n) is 9.74. The quantitative estimate of drug-likeness (QED) is 0.822. The standard InChI is InChI=1S/C12H13ClF3NO/c1-11(3-2-4-17-11)7-5-9(13)10(18)6-8(7)12(14,15)16/h5-6,17-18H,2-4H2,1H3. The summed E-state index contributed by atoms with van der Waals surface area (Å²) in [6, 6.07) is 1.90. The Balaban J connectivity index is 2.61. The first-order chi connectivity index (χ1) is 8.24. The van der Waals surface area contributed by atoms with E-state index in [9.17, 15) is 18.3 Å². The van der Waals surface area contributed by atoms with Crippen LogP contribution in [0, 0.1) is 0 Å². The van der Waals surface area contributed by atoms with E-state index < -0.39 is 23.0 Å². The van der Waals surface area contributed by atoms with Crippen LogP contribution in [0.25, 0.3) is 0 Å². The summed E-state index contributed by atoms with van der Waals surface area (Å²) in [5.41, 5.74) is -1.49. The summed E-state index contributed by atoms with van der Waals surface area (Å²) >= 11 is 5.73. The first kappa shape index (κ1) is 13.5. The molecule has 2 nitrogen and oxygen atoms in total. The van der Waals surface area contributed by atoms with Crippen LogP contribution in [-0.2, 0) is 11.7 Å². The normalized spacial score (nSPS) is 24.5. The molecule has 0 bridgehead atoms. The van der Waals surface area contributed by atoms with Crippen molar-refractivity contribution < 1.29 is 18.3 Å². The molecule has 0 amide bonds. The highest BCUT2D eigenvalue weighted by Gasteiger charge is 2.41. The van der Waals surface area contributed by atoms with Gasteiger partial charge in [0.05, 0.1) is 10.6 Å². The van der Waals surface area contributed by atoms with Gasteiger partial charge in [0.15, 0.2) is 0 Å². The second kappa shape index (κ2) is 4.31. The molecular weight excluding hydrogens is 267 g/mol. The third kappa shape index (κ3) is 2.29. The summed E-state index contributed by atoms with van der Waals surface area (Å²) in [5, 5.41) is 12.4. The molecular formula is C12H13ClF3NO. The first-order valence-corrected chi connectivity index (χ1v) is 5.97. The molecule has 0 radical (unpaired) electrons. The molecule has 2 N–H and O–H groups in total. The number of benzene rings is 1. The Bertz CT molecular complexity index is 467. The van der Waals surface area contributed by atoms with Gasteiger partial charge >= 0.3 is 6.18 Å². The van der Waals surface area contributed by atoms with Crippen molar-refractivity contribution in [1.29, 1.82) is 0 Å². The number of phenolic OH excluding ortho intramolecular Hbond substituents is 1. The number of halogens is 4. The molecule has 1 fully saturated rings. The summed E-state index contributed by atoms with van der Waals surface area (Å²) in [6.45, 7) is 2.39. The van der Waals surface area contributed by atoms with Gasteiger partial charge in [-0.3, -0.25) is 0 Å². The lowest BCUT2D eigenvalue weighted by Gasteiger charge is -2.29. The van der Waals surface area contributed by atoms with E-state index in [1.165, 1.54) is 6.07 Å². The minimum absolute atomic E-state index is 0.0621. The fourth-order valence-electron chi connectivity index (χ4n) is 2.38. The first-order valence-electron chi connectivity index (χ1n) is 5.59. The number of rotatable bonds is 1. The van der Waals surface area contributed by atoms with Crippen molar-refractivity contribution in [1.82, 2.24) is 5.32 Å². The van der Waals surface area contributed by atoms with Crippen molar-refractivity contribution in [3.05, 3.63) is 28.3 Å². The Hall–Kier alpha value is -0.940. The van der Waals surface area contributed by atoms with Gasteiger partial charge in [0.1, 0.15) is 5.75 Å². The molecule has 1 aliphatic rings. The van der Waals surface area contributed by atoms with Gasteiger partial charge in [-0.2, -0.15) is 13.2 Å². The van der Waals surface area contributed by atoms with Crippen LogP contribution >= 0.6 is 11.6 Å². The maximum Gasteiger partial charge on any atom is 0.416 e. The highest BCUT2D eigenvalue weighted by atomic mass is 35.5. The van der Waals surface area contributed by atoms with Crippen LogP contribution in [0.2, 0.25) is 5.02 Å². The summed E-state index contributed by atoms with van der Waals surface area (Å²) in [4.78, 5) is 0. The molecule has 1 saturated heterocycles. The predicted molar refractivity (Wildman–Crippen MR) is 62.7 cm³/mol. The van der Waals surface area contributed by atoms with Crippen molar-refractivity contribution in [2.24, 2.45) is 0 Å². The van der Waals surface area contributed by atoms with E-state index in [0.717, 1.165) is 6.42 Å². The molecule has 0 aromatic heterocycles. The molecule has 0 aliphatic carbocycles. The average molecular weight is 280 g/mol. The van der Waals surface area contributed by atoms with Crippen LogP contribution in [0.4, 0.5) is 13.2 Å². The number of aromatic hydroxyl groups is 1. The van der Waals surface area contributed by atoms with E-state index in [4.69, 9.17) is 11.6 Å². The zero-order chi connectivity index (χ0) is 13.6. The molecule has 1 unspecified atom stereocenters.